The molecule has 0 aliphatic heterocycles. The lowest BCUT2D eigenvalue weighted by Gasteiger charge is -2.15. The van der Waals surface area contributed by atoms with Crippen molar-refractivity contribution in [2.75, 3.05) is 0 Å². The Balaban J connectivity index is 1.97. The van der Waals surface area contributed by atoms with Gasteiger partial charge in [0.25, 0.3) is 0 Å². The van der Waals surface area contributed by atoms with Crippen molar-refractivity contribution < 1.29 is 1.37 Å². The lowest BCUT2D eigenvalue weighted by molar-refractivity contribution is 0.724. The summed E-state index contributed by atoms with van der Waals surface area (Å²) in [4.78, 5) is 4.23. The zero-order chi connectivity index (χ0) is 16.7. The lowest BCUT2D eigenvalue weighted by atomic mass is 9.89. The van der Waals surface area contributed by atoms with E-state index in [0.717, 1.165) is 10.8 Å². The minimum Gasteiger partial charge on any atom is -0.264 e. The molecule has 0 spiro atoms. The van der Waals surface area contributed by atoms with Gasteiger partial charge in [0.1, 0.15) is 0 Å². The number of hydrogen-bond acceptors (Lipinski definition) is 1. The Morgan fingerprint density at radius 1 is 1.00 bits per heavy atom. The van der Waals surface area contributed by atoms with Crippen molar-refractivity contribution >= 4 is 10.8 Å². The van der Waals surface area contributed by atoms with Crippen LogP contribution in [0.25, 0.3) is 21.9 Å². The second-order valence-corrected chi connectivity index (χ2v) is 6.96. The molecule has 0 N–H and O–H groups in total. The highest BCUT2D eigenvalue weighted by Gasteiger charge is 2.19. The van der Waals surface area contributed by atoms with E-state index in [-0.39, 0.29) is 0 Å². The molecule has 23 heavy (non-hydrogen) atoms. The number of hydrogen-bond donors (Lipinski definition) is 0. The van der Waals surface area contributed by atoms with E-state index >= 15 is 0 Å². The van der Waals surface area contributed by atoms with Gasteiger partial charge in [0.2, 0.25) is 0 Å². The minimum absolute atomic E-state index is 0.345. The second-order valence-electron chi connectivity index (χ2n) is 6.96. The van der Waals surface area contributed by atoms with Crippen molar-refractivity contribution in [2.45, 2.75) is 45.4 Å². The topological polar surface area (TPSA) is 12.9 Å². The van der Waals surface area contributed by atoms with Crippen LogP contribution in [0, 0.1) is 13.8 Å². The normalized spacial score (nSPS) is 16.0. The highest BCUT2D eigenvalue weighted by Crippen LogP contribution is 2.39. The monoisotopic (exact) mass is 302 g/mol. The van der Waals surface area contributed by atoms with Crippen LogP contribution in [0.15, 0.2) is 48.8 Å². The predicted molar refractivity (Wildman–Crippen MR) is 97.9 cm³/mol. The molecule has 1 aliphatic rings. The molecule has 116 valence electrons. The number of rotatable bonds is 2. The number of aryl methyl sites for hydroxylation is 2. The van der Waals surface area contributed by atoms with Crippen LogP contribution in [0.3, 0.4) is 0 Å². The maximum Gasteiger partial charge on any atom is 0.0840 e. The summed E-state index contributed by atoms with van der Waals surface area (Å²) >= 11 is 0. The molecule has 0 unspecified atom stereocenters. The van der Waals surface area contributed by atoms with Crippen molar-refractivity contribution in [3.63, 3.8) is 0 Å². The maximum atomic E-state index is 7.89. The van der Waals surface area contributed by atoms with Crippen LogP contribution in [-0.4, -0.2) is 4.98 Å². The summed E-state index contributed by atoms with van der Waals surface area (Å²) in [5.41, 5.74) is 6.52. The molecule has 1 nitrogen and oxygen atoms in total. The van der Waals surface area contributed by atoms with Crippen LogP contribution in [0.2, 0.25) is 0 Å². The fourth-order valence-electron chi connectivity index (χ4n) is 4.03. The third-order valence-electron chi connectivity index (χ3n) is 5.08. The largest absolute Gasteiger partial charge is 0.264 e. The van der Waals surface area contributed by atoms with Gasteiger partial charge in [-0.3, -0.25) is 4.98 Å². The van der Waals surface area contributed by atoms with Gasteiger partial charge >= 0.3 is 0 Å². The Bertz CT molecular complexity index is 887. The first-order chi connectivity index (χ1) is 11.6. The van der Waals surface area contributed by atoms with Gasteiger partial charge < -0.3 is 0 Å². The van der Waals surface area contributed by atoms with E-state index in [0.29, 0.717) is 12.1 Å². The second kappa shape index (κ2) is 5.81. The molecule has 0 amide bonds. The van der Waals surface area contributed by atoms with Crippen molar-refractivity contribution in [1.82, 2.24) is 4.98 Å². The summed E-state index contributed by atoms with van der Waals surface area (Å²) in [6.45, 7) is 4.30. The molecule has 4 rings (SSSR count). The predicted octanol–water partition coefficient (Wildman–Crippen LogP) is 6.18. The lowest BCUT2D eigenvalue weighted by Crippen LogP contribution is -1.95. The first kappa shape index (κ1) is 13.3. The van der Waals surface area contributed by atoms with Crippen molar-refractivity contribution in [3.8, 4) is 11.1 Å². The van der Waals surface area contributed by atoms with Gasteiger partial charge in [-0.15, -0.1) is 0 Å². The first-order valence-electron chi connectivity index (χ1n) is 9.09. The van der Waals surface area contributed by atoms with E-state index in [1.165, 1.54) is 53.5 Å². The number of nitrogens with zero attached hydrogens (tertiary/aromatic N) is 1. The van der Waals surface area contributed by atoms with Crippen LogP contribution < -0.4 is 0 Å². The van der Waals surface area contributed by atoms with Crippen molar-refractivity contribution in [3.05, 3.63) is 65.5 Å². The Morgan fingerprint density at radius 2 is 1.74 bits per heavy atom. The highest BCUT2D eigenvalue weighted by molar-refractivity contribution is 5.97. The summed E-state index contributed by atoms with van der Waals surface area (Å²) in [6, 6.07) is 13.3. The molecule has 3 aromatic rings. The van der Waals surface area contributed by atoms with Crippen molar-refractivity contribution in [2.24, 2.45) is 0 Å². The fraction of sp³-hybridized carbons (Fsp3) is 0.318. The number of fused-ring (bicyclic) bond motifs is 1. The van der Waals surface area contributed by atoms with E-state index in [1.807, 2.05) is 12.3 Å². The third kappa shape index (κ3) is 2.76. The standard InChI is InChI=1S/C22H23N/c1-15-9-16(2)11-20(10-15)21-13-19(17-5-3-4-6-17)12-18-7-8-23-14-22(18)21/h7-14,17H,3-6H2,1-2H3/i8D. The summed E-state index contributed by atoms with van der Waals surface area (Å²) in [7, 11) is 0. The molecule has 0 bridgehead atoms. The number of pyridine rings is 1. The van der Waals surface area contributed by atoms with Gasteiger partial charge in [0, 0.05) is 17.8 Å². The minimum atomic E-state index is 0.345. The Kier molecular flexibility index (Phi) is 3.36. The van der Waals surface area contributed by atoms with Gasteiger partial charge in [-0.2, -0.15) is 0 Å². The quantitative estimate of drug-likeness (QED) is 0.551. The zero-order valence-corrected chi connectivity index (χ0v) is 13.9. The molecule has 1 aromatic heterocycles. The molecule has 1 aliphatic carbocycles. The smallest absolute Gasteiger partial charge is 0.0840 e. The highest BCUT2D eigenvalue weighted by atomic mass is 14.6. The number of aromatic nitrogens is 1. The molecule has 2 aromatic carbocycles. The molecular weight excluding hydrogens is 278 g/mol. The van der Waals surface area contributed by atoms with Gasteiger partial charge in [0.15, 0.2) is 0 Å². The molecule has 1 fully saturated rings. The van der Waals surface area contributed by atoms with Crippen LogP contribution in [0.5, 0.6) is 0 Å². The van der Waals surface area contributed by atoms with Gasteiger partial charge in [-0.05, 0) is 60.7 Å². The molecule has 1 heteroatoms. The molecule has 0 radical (unpaired) electrons. The summed E-state index contributed by atoms with van der Waals surface area (Å²) in [6.07, 6.45) is 7.46. The molecule has 0 atom stereocenters. The van der Waals surface area contributed by atoms with E-state index in [1.54, 1.807) is 0 Å². The zero-order valence-electron chi connectivity index (χ0n) is 14.9. The molecular formula is C22H23N. The molecule has 1 saturated carbocycles. The third-order valence-corrected chi connectivity index (χ3v) is 5.08. The van der Waals surface area contributed by atoms with Crippen LogP contribution >= 0.6 is 0 Å². The maximum absolute atomic E-state index is 7.89. The summed E-state index contributed by atoms with van der Waals surface area (Å²) < 4.78 is 7.89. The van der Waals surface area contributed by atoms with E-state index in [4.69, 9.17) is 1.37 Å². The van der Waals surface area contributed by atoms with Gasteiger partial charge in [-0.25, -0.2) is 0 Å². The molecule has 0 saturated heterocycles. The van der Waals surface area contributed by atoms with E-state index in [2.05, 4.69) is 49.2 Å². The molecule has 1 heterocycles. The number of benzene rings is 2. The average Bonchev–Trinajstić information content (AvgIpc) is 3.07. The van der Waals surface area contributed by atoms with Crippen LogP contribution in [-0.2, 0) is 0 Å². The Morgan fingerprint density at radius 3 is 2.48 bits per heavy atom. The van der Waals surface area contributed by atoms with E-state index < -0.39 is 0 Å². The first-order valence-corrected chi connectivity index (χ1v) is 8.59. The SMILES string of the molecule is [2H]c1cc2cc(C3CCCC3)cc(-c3cc(C)cc(C)c3)c2cn1. The Labute approximate surface area is 139 Å². The summed E-state index contributed by atoms with van der Waals surface area (Å²) in [5.74, 6) is 0.668. The van der Waals surface area contributed by atoms with Gasteiger partial charge in [-0.1, -0.05) is 54.3 Å². The van der Waals surface area contributed by atoms with E-state index in [9.17, 15) is 0 Å². The van der Waals surface area contributed by atoms with Crippen LogP contribution in [0.4, 0.5) is 0 Å². The van der Waals surface area contributed by atoms with Crippen molar-refractivity contribution in [1.29, 1.82) is 0 Å². The summed E-state index contributed by atoms with van der Waals surface area (Å²) in [5, 5.41) is 2.30. The van der Waals surface area contributed by atoms with Crippen LogP contribution in [0.1, 0.15) is 49.7 Å². The average molecular weight is 302 g/mol. The fourth-order valence-corrected chi connectivity index (χ4v) is 4.03. The Hall–Kier alpha value is -2.15. The van der Waals surface area contributed by atoms with Gasteiger partial charge in [0.05, 0.1) is 1.37 Å².